The highest BCUT2D eigenvalue weighted by atomic mass is 32.2. The van der Waals surface area contributed by atoms with Gasteiger partial charge in [0.15, 0.2) is 0 Å². The fraction of sp³-hybridized carbons (Fsp3) is 0.143. The molecule has 4 amide bonds. The van der Waals surface area contributed by atoms with Crippen LogP contribution in [0.3, 0.4) is 0 Å². The number of benzene rings is 2. The van der Waals surface area contributed by atoms with Gasteiger partial charge < -0.3 is 15.4 Å². The van der Waals surface area contributed by atoms with Crippen LogP contribution in [0.5, 0.6) is 5.75 Å². The van der Waals surface area contributed by atoms with Gasteiger partial charge in [-0.15, -0.1) is 0 Å². The molecule has 0 spiro atoms. The second-order valence-electron chi connectivity index (χ2n) is 6.32. The number of carbonyl (C=O) groups is 4. The van der Waals surface area contributed by atoms with Crippen molar-refractivity contribution in [2.45, 2.75) is 6.92 Å². The van der Waals surface area contributed by atoms with E-state index in [1.54, 1.807) is 54.6 Å². The Bertz CT molecular complexity index is 1030. The van der Waals surface area contributed by atoms with E-state index in [0.29, 0.717) is 22.7 Å². The summed E-state index contributed by atoms with van der Waals surface area (Å²) in [6.07, 6.45) is 1.57. The van der Waals surface area contributed by atoms with Crippen LogP contribution in [0.2, 0.25) is 0 Å². The van der Waals surface area contributed by atoms with Crippen molar-refractivity contribution in [3.63, 3.8) is 0 Å². The summed E-state index contributed by atoms with van der Waals surface area (Å²) in [5, 5.41) is 4.78. The number of anilines is 2. The van der Waals surface area contributed by atoms with Gasteiger partial charge in [-0.3, -0.25) is 24.1 Å². The average Bonchev–Trinajstić information content (AvgIpc) is 2.97. The lowest BCUT2D eigenvalue weighted by molar-refractivity contribution is -0.127. The maximum atomic E-state index is 12.6. The lowest BCUT2D eigenvalue weighted by Crippen LogP contribution is -2.36. The Hall–Kier alpha value is -3.59. The molecule has 0 saturated carbocycles. The van der Waals surface area contributed by atoms with Crippen molar-refractivity contribution in [3.05, 3.63) is 59.0 Å². The Kier molecular flexibility index (Phi) is 6.53. The molecule has 8 nitrogen and oxygen atoms in total. The van der Waals surface area contributed by atoms with E-state index in [1.807, 2.05) is 0 Å². The fourth-order valence-corrected chi connectivity index (χ4v) is 3.57. The Balaban J connectivity index is 1.67. The predicted molar refractivity (Wildman–Crippen MR) is 115 cm³/mol. The molecule has 9 heteroatoms. The van der Waals surface area contributed by atoms with Gasteiger partial charge in [0, 0.05) is 12.6 Å². The van der Waals surface area contributed by atoms with Gasteiger partial charge in [-0.05, 0) is 47.7 Å². The van der Waals surface area contributed by atoms with Gasteiger partial charge in [0.2, 0.25) is 11.8 Å². The third-order valence-corrected chi connectivity index (χ3v) is 4.99. The molecule has 0 bridgehead atoms. The van der Waals surface area contributed by atoms with Crippen molar-refractivity contribution in [2.24, 2.45) is 0 Å². The molecule has 1 fully saturated rings. The zero-order valence-electron chi connectivity index (χ0n) is 16.3. The number of nitrogens with one attached hydrogen (secondary N) is 2. The van der Waals surface area contributed by atoms with Gasteiger partial charge in [0.05, 0.1) is 17.7 Å². The average molecular weight is 425 g/mol. The second-order valence-corrected chi connectivity index (χ2v) is 7.31. The standard InChI is InChI=1S/C21H19N3O5S/c1-13(25)22-15-9-7-14(8-10-15)11-18-20(27)24(21(28)30-18)12-19(26)23-16-5-3-4-6-17(16)29-2/h3-11H,12H2,1-2H3,(H,22,25)(H,23,26)/b18-11-. The number of amides is 4. The van der Waals surface area contributed by atoms with Gasteiger partial charge >= 0.3 is 0 Å². The van der Waals surface area contributed by atoms with Crippen LogP contribution < -0.4 is 15.4 Å². The molecular weight excluding hydrogens is 406 g/mol. The first-order valence-corrected chi connectivity index (χ1v) is 9.75. The van der Waals surface area contributed by atoms with Gasteiger partial charge in [0.1, 0.15) is 12.3 Å². The van der Waals surface area contributed by atoms with Gasteiger partial charge in [-0.2, -0.15) is 0 Å². The first kappa shape index (κ1) is 21.1. The van der Waals surface area contributed by atoms with Crippen LogP contribution >= 0.6 is 11.8 Å². The summed E-state index contributed by atoms with van der Waals surface area (Å²) in [6, 6.07) is 13.7. The van der Waals surface area contributed by atoms with Crippen LogP contribution in [0.4, 0.5) is 16.2 Å². The Morgan fingerprint density at radius 1 is 1.07 bits per heavy atom. The molecule has 0 unspecified atom stereocenters. The topological polar surface area (TPSA) is 105 Å². The number of methoxy groups -OCH3 is 1. The highest BCUT2D eigenvalue weighted by Crippen LogP contribution is 2.32. The van der Waals surface area contributed by atoms with E-state index in [1.165, 1.54) is 14.0 Å². The first-order chi connectivity index (χ1) is 14.4. The number of carbonyl (C=O) groups excluding carboxylic acids is 4. The number of hydrogen-bond acceptors (Lipinski definition) is 6. The fourth-order valence-electron chi connectivity index (χ4n) is 2.73. The van der Waals surface area contributed by atoms with Crippen molar-refractivity contribution in [3.8, 4) is 5.75 Å². The zero-order chi connectivity index (χ0) is 21.7. The molecule has 1 saturated heterocycles. The SMILES string of the molecule is COc1ccccc1NC(=O)CN1C(=O)S/C(=C\c2ccc(NC(C)=O)cc2)C1=O. The summed E-state index contributed by atoms with van der Waals surface area (Å²) < 4.78 is 5.17. The van der Waals surface area contributed by atoms with Crippen molar-refractivity contribution >= 4 is 52.2 Å². The molecule has 1 heterocycles. The maximum Gasteiger partial charge on any atom is 0.294 e. The molecule has 2 N–H and O–H groups in total. The minimum atomic E-state index is -0.536. The summed E-state index contributed by atoms with van der Waals surface area (Å²) in [7, 11) is 1.48. The molecule has 154 valence electrons. The lowest BCUT2D eigenvalue weighted by Gasteiger charge is -2.14. The van der Waals surface area contributed by atoms with Crippen LogP contribution in [-0.4, -0.2) is 41.5 Å². The van der Waals surface area contributed by atoms with E-state index >= 15 is 0 Å². The molecule has 1 aliphatic rings. The number of para-hydroxylation sites is 2. The van der Waals surface area contributed by atoms with Gasteiger partial charge in [-0.1, -0.05) is 24.3 Å². The summed E-state index contributed by atoms with van der Waals surface area (Å²) in [5.41, 5.74) is 1.76. The van der Waals surface area contributed by atoms with E-state index in [4.69, 9.17) is 4.74 Å². The van der Waals surface area contributed by atoms with Crippen LogP contribution in [0.1, 0.15) is 12.5 Å². The lowest BCUT2D eigenvalue weighted by atomic mass is 10.2. The predicted octanol–water partition coefficient (Wildman–Crippen LogP) is 3.33. The highest BCUT2D eigenvalue weighted by Gasteiger charge is 2.36. The molecule has 0 aliphatic carbocycles. The van der Waals surface area contributed by atoms with Crippen molar-refractivity contribution < 1.29 is 23.9 Å². The third kappa shape index (κ3) is 5.06. The third-order valence-electron chi connectivity index (χ3n) is 4.09. The zero-order valence-corrected chi connectivity index (χ0v) is 17.1. The molecule has 1 aliphatic heterocycles. The van der Waals surface area contributed by atoms with E-state index in [2.05, 4.69) is 10.6 Å². The number of ether oxygens (including phenoxy) is 1. The van der Waals surface area contributed by atoms with E-state index in [9.17, 15) is 19.2 Å². The number of nitrogens with zero attached hydrogens (tertiary/aromatic N) is 1. The molecule has 0 radical (unpaired) electrons. The number of hydrogen-bond donors (Lipinski definition) is 2. The van der Waals surface area contributed by atoms with E-state index < -0.39 is 23.6 Å². The number of thioether (sulfide) groups is 1. The molecule has 0 atom stereocenters. The minimum absolute atomic E-state index is 0.185. The molecule has 2 aromatic rings. The highest BCUT2D eigenvalue weighted by molar-refractivity contribution is 8.18. The molecule has 2 aromatic carbocycles. The molecule has 3 rings (SSSR count). The summed E-state index contributed by atoms with van der Waals surface area (Å²) in [6.45, 7) is 1.01. The van der Waals surface area contributed by atoms with Crippen molar-refractivity contribution in [2.75, 3.05) is 24.3 Å². The Morgan fingerprint density at radius 3 is 2.43 bits per heavy atom. The molecule has 30 heavy (non-hydrogen) atoms. The number of imide groups is 1. The minimum Gasteiger partial charge on any atom is -0.495 e. The summed E-state index contributed by atoms with van der Waals surface area (Å²) >= 11 is 0.772. The largest absolute Gasteiger partial charge is 0.495 e. The van der Waals surface area contributed by atoms with E-state index in [0.717, 1.165) is 16.7 Å². The van der Waals surface area contributed by atoms with Crippen LogP contribution in [0.25, 0.3) is 6.08 Å². The van der Waals surface area contributed by atoms with E-state index in [-0.39, 0.29) is 10.8 Å². The van der Waals surface area contributed by atoms with Crippen LogP contribution in [0, 0.1) is 0 Å². The smallest absolute Gasteiger partial charge is 0.294 e. The Morgan fingerprint density at radius 2 is 1.77 bits per heavy atom. The van der Waals surface area contributed by atoms with Crippen molar-refractivity contribution in [1.82, 2.24) is 4.90 Å². The molecule has 0 aromatic heterocycles. The second kappa shape index (κ2) is 9.27. The Labute approximate surface area is 177 Å². The maximum absolute atomic E-state index is 12.6. The summed E-state index contributed by atoms with van der Waals surface area (Å²) in [5.74, 6) is -0.758. The van der Waals surface area contributed by atoms with Gasteiger partial charge in [0.25, 0.3) is 11.1 Å². The summed E-state index contributed by atoms with van der Waals surface area (Å²) in [4.78, 5) is 49.4. The quantitative estimate of drug-likeness (QED) is 0.688. The normalized spacial score (nSPS) is 14.7. The monoisotopic (exact) mass is 425 g/mol. The van der Waals surface area contributed by atoms with Gasteiger partial charge in [-0.25, -0.2) is 0 Å². The first-order valence-electron chi connectivity index (χ1n) is 8.93. The van der Waals surface area contributed by atoms with Crippen LogP contribution in [-0.2, 0) is 14.4 Å². The van der Waals surface area contributed by atoms with Crippen molar-refractivity contribution in [1.29, 1.82) is 0 Å². The molecular formula is C21H19N3O5S. The number of rotatable bonds is 6. The van der Waals surface area contributed by atoms with Crippen LogP contribution in [0.15, 0.2) is 53.4 Å².